The Morgan fingerprint density at radius 1 is 1.15 bits per heavy atom. The predicted octanol–water partition coefficient (Wildman–Crippen LogP) is 3.52. The van der Waals surface area contributed by atoms with Gasteiger partial charge in [0.2, 0.25) is 0 Å². The highest BCUT2D eigenvalue weighted by Gasteiger charge is 2.33. The molecule has 3 heteroatoms. The number of aliphatic carboxylic acids is 1. The number of hydrogen-bond acceptors (Lipinski definition) is 2. The van der Waals surface area contributed by atoms with Crippen LogP contribution in [0.5, 0.6) is 0 Å². The first-order valence-corrected chi connectivity index (χ1v) is 6.92. The van der Waals surface area contributed by atoms with E-state index in [9.17, 15) is 9.90 Å². The first-order valence-electron chi connectivity index (χ1n) is 6.92. The Morgan fingerprint density at radius 3 is 2.45 bits per heavy atom. The predicted molar refractivity (Wildman–Crippen MR) is 81.7 cm³/mol. The molecule has 0 spiro atoms. The molecular weight excluding hydrogens is 250 g/mol. The summed E-state index contributed by atoms with van der Waals surface area (Å²) in [5, 5.41) is 11.8. The molecule has 0 amide bonds. The summed E-state index contributed by atoms with van der Waals surface area (Å²) in [7, 11) is 0. The zero-order valence-corrected chi connectivity index (χ0v) is 12.3. The molecule has 0 saturated carbocycles. The maximum atomic E-state index is 11.4. The molecule has 106 valence electrons. The van der Waals surface area contributed by atoms with Crippen LogP contribution in [0.4, 0.5) is 0 Å². The highest BCUT2D eigenvalue weighted by molar-refractivity contribution is 5.85. The van der Waals surface area contributed by atoms with Crippen molar-refractivity contribution in [1.29, 1.82) is 0 Å². The summed E-state index contributed by atoms with van der Waals surface area (Å²) in [6.45, 7) is 6.84. The van der Waals surface area contributed by atoms with Gasteiger partial charge in [0.15, 0.2) is 0 Å². The van der Waals surface area contributed by atoms with Crippen molar-refractivity contribution in [2.24, 2.45) is 0 Å². The van der Waals surface area contributed by atoms with Crippen molar-refractivity contribution in [3.8, 4) is 0 Å². The number of nitrogens with zero attached hydrogens (tertiary/aromatic N) is 1. The number of carbonyl (C=O) groups is 1. The average Bonchev–Trinajstić information content (AvgIpc) is 2.44. The van der Waals surface area contributed by atoms with Gasteiger partial charge in [-0.3, -0.25) is 9.69 Å². The van der Waals surface area contributed by atoms with E-state index in [1.54, 1.807) is 13.8 Å². The third-order valence-corrected chi connectivity index (χ3v) is 3.94. The van der Waals surface area contributed by atoms with Crippen LogP contribution in [0.1, 0.15) is 26.3 Å². The van der Waals surface area contributed by atoms with Gasteiger partial charge in [0.1, 0.15) is 5.54 Å². The molecule has 0 aliphatic rings. The van der Waals surface area contributed by atoms with Gasteiger partial charge in [0.05, 0.1) is 0 Å². The lowest BCUT2D eigenvalue weighted by molar-refractivity contribution is -0.149. The summed E-state index contributed by atoms with van der Waals surface area (Å²) >= 11 is 0. The molecule has 0 aliphatic heterocycles. The van der Waals surface area contributed by atoms with Gasteiger partial charge in [0, 0.05) is 6.54 Å². The molecule has 0 saturated heterocycles. The second-order valence-electron chi connectivity index (χ2n) is 5.52. The molecule has 0 unspecified atom stereocenters. The fourth-order valence-electron chi connectivity index (χ4n) is 2.48. The number of benzene rings is 2. The molecular formula is C17H21NO2. The van der Waals surface area contributed by atoms with E-state index in [0.717, 1.165) is 0 Å². The molecule has 1 N–H and O–H groups in total. The Labute approximate surface area is 119 Å². The van der Waals surface area contributed by atoms with Crippen molar-refractivity contribution in [2.75, 3.05) is 6.54 Å². The Hall–Kier alpha value is -1.87. The van der Waals surface area contributed by atoms with Crippen LogP contribution < -0.4 is 0 Å². The Kier molecular flexibility index (Phi) is 4.09. The molecule has 3 nitrogen and oxygen atoms in total. The lowest BCUT2D eigenvalue weighted by Crippen LogP contribution is -2.49. The molecule has 0 aromatic heterocycles. The van der Waals surface area contributed by atoms with Crippen LogP contribution in [0.25, 0.3) is 10.8 Å². The van der Waals surface area contributed by atoms with Crippen molar-refractivity contribution >= 4 is 16.7 Å². The molecule has 0 bridgehead atoms. The minimum absolute atomic E-state index is 0.636. The van der Waals surface area contributed by atoms with E-state index in [1.807, 2.05) is 30.0 Å². The van der Waals surface area contributed by atoms with Gasteiger partial charge in [-0.2, -0.15) is 0 Å². The van der Waals surface area contributed by atoms with Gasteiger partial charge < -0.3 is 5.11 Å². The minimum Gasteiger partial charge on any atom is -0.480 e. The van der Waals surface area contributed by atoms with Crippen LogP contribution >= 0.6 is 0 Å². The zero-order valence-electron chi connectivity index (χ0n) is 12.3. The Bertz CT molecular complexity index is 614. The normalized spacial score (nSPS) is 12.0. The van der Waals surface area contributed by atoms with Gasteiger partial charge in [-0.15, -0.1) is 0 Å². The van der Waals surface area contributed by atoms with Gasteiger partial charge in [-0.1, -0.05) is 49.4 Å². The molecule has 2 aromatic carbocycles. The van der Waals surface area contributed by atoms with Crippen LogP contribution in [0.3, 0.4) is 0 Å². The number of fused-ring (bicyclic) bond motifs is 1. The lowest BCUT2D eigenvalue weighted by atomic mass is 9.99. The standard InChI is InChI=1S/C17H21NO2/c1-4-18(17(2,3)16(19)20)12-14-10-7-9-13-8-5-6-11-15(13)14/h5-11H,4,12H2,1-3H3,(H,19,20). The number of carboxylic acid groups (broad SMARTS) is 1. The highest BCUT2D eigenvalue weighted by Crippen LogP contribution is 2.23. The summed E-state index contributed by atoms with van der Waals surface area (Å²) < 4.78 is 0. The van der Waals surface area contributed by atoms with E-state index in [0.29, 0.717) is 13.1 Å². The monoisotopic (exact) mass is 271 g/mol. The van der Waals surface area contributed by atoms with E-state index in [-0.39, 0.29) is 0 Å². The van der Waals surface area contributed by atoms with Crippen molar-refractivity contribution in [3.05, 3.63) is 48.0 Å². The van der Waals surface area contributed by atoms with Crippen LogP contribution in [0, 0.1) is 0 Å². The van der Waals surface area contributed by atoms with Gasteiger partial charge in [-0.25, -0.2) is 0 Å². The topological polar surface area (TPSA) is 40.5 Å². The van der Waals surface area contributed by atoms with E-state index < -0.39 is 11.5 Å². The van der Waals surface area contributed by atoms with Crippen molar-refractivity contribution < 1.29 is 9.90 Å². The fraction of sp³-hybridized carbons (Fsp3) is 0.353. The first kappa shape index (κ1) is 14.5. The van der Waals surface area contributed by atoms with Gasteiger partial charge in [-0.05, 0) is 36.7 Å². The highest BCUT2D eigenvalue weighted by atomic mass is 16.4. The van der Waals surface area contributed by atoms with E-state index >= 15 is 0 Å². The molecule has 20 heavy (non-hydrogen) atoms. The molecule has 2 rings (SSSR count). The van der Waals surface area contributed by atoms with Crippen LogP contribution in [-0.2, 0) is 11.3 Å². The second-order valence-corrected chi connectivity index (χ2v) is 5.52. The van der Waals surface area contributed by atoms with Crippen LogP contribution in [0.15, 0.2) is 42.5 Å². The van der Waals surface area contributed by atoms with E-state index in [4.69, 9.17) is 0 Å². The molecule has 0 aliphatic carbocycles. The number of hydrogen-bond donors (Lipinski definition) is 1. The first-order chi connectivity index (χ1) is 9.46. The largest absolute Gasteiger partial charge is 0.480 e. The summed E-state index contributed by atoms with van der Waals surface area (Å²) in [6, 6.07) is 14.4. The molecule has 0 atom stereocenters. The number of rotatable bonds is 5. The fourth-order valence-corrected chi connectivity index (χ4v) is 2.48. The quantitative estimate of drug-likeness (QED) is 0.904. The molecule has 2 aromatic rings. The molecule has 0 fully saturated rings. The van der Waals surface area contributed by atoms with Gasteiger partial charge >= 0.3 is 5.97 Å². The van der Waals surface area contributed by atoms with E-state index in [1.165, 1.54) is 16.3 Å². The molecule has 0 radical (unpaired) electrons. The average molecular weight is 271 g/mol. The van der Waals surface area contributed by atoms with Crippen molar-refractivity contribution in [2.45, 2.75) is 32.9 Å². The Morgan fingerprint density at radius 2 is 1.80 bits per heavy atom. The third kappa shape index (κ3) is 2.68. The van der Waals surface area contributed by atoms with Gasteiger partial charge in [0.25, 0.3) is 0 Å². The minimum atomic E-state index is -0.869. The summed E-state index contributed by atoms with van der Waals surface area (Å²) in [5.74, 6) is -0.792. The maximum absolute atomic E-state index is 11.4. The third-order valence-electron chi connectivity index (χ3n) is 3.94. The molecule has 0 heterocycles. The van der Waals surface area contributed by atoms with E-state index in [2.05, 4.69) is 24.3 Å². The maximum Gasteiger partial charge on any atom is 0.323 e. The lowest BCUT2D eigenvalue weighted by Gasteiger charge is -2.34. The Balaban J connectivity index is 2.38. The van der Waals surface area contributed by atoms with Crippen LogP contribution in [0.2, 0.25) is 0 Å². The number of likely N-dealkylation sites (N-methyl/N-ethyl adjacent to an activating group) is 1. The van der Waals surface area contributed by atoms with Crippen molar-refractivity contribution in [1.82, 2.24) is 4.90 Å². The smallest absolute Gasteiger partial charge is 0.323 e. The van der Waals surface area contributed by atoms with Crippen molar-refractivity contribution in [3.63, 3.8) is 0 Å². The SMILES string of the molecule is CCN(Cc1cccc2ccccc12)C(C)(C)C(=O)O. The van der Waals surface area contributed by atoms with Crippen LogP contribution in [-0.4, -0.2) is 28.1 Å². The summed E-state index contributed by atoms with van der Waals surface area (Å²) in [5.41, 5.74) is 0.297. The zero-order chi connectivity index (χ0) is 14.8. The summed E-state index contributed by atoms with van der Waals surface area (Å²) in [4.78, 5) is 13.4. The number of carboxylic acids is 1. The second kappa shape index (κ2) is 5.63. The summed E-state index contributed by atoms with van der Waals surface area (Å²) in [6.07, 6.45) is 0.